The summed E-state index contributed by atoms with van der Waals surface area (Å²) in [5.74, 6) is -1.93. The van der Waals surface area contributed by atoms with Gasteiger partial charge in [-0.3, -0.25) is 18.9 Å². The third kappa shape index (κ3) is 6.77. The number of esters is 1. The van der Waals surface area contributed by atoms with Crippen LogP contribution in [-0.4, -0.2) is 57.3 Å². The molecule has 0 bridgehead atoms. The van der Waals surface area contributed by atoms with E-state index >= 15 is 4.39 Å². The second kappa shape index (κ2) is 11.5. The Morgan fingerprint density at radius 3 is 2.68 bits per heavy atom. The zero-order valence-electron chi connectivity index (χ0n) is 20.3. The van der Waals surface area contributed by atoms with Crippen molar-refractivity contribution in [2.24, 2.45) is 4.74 Å². The molecule has 1 aliphatic rings. The van der Waals surface area contributed by atoms with Gasteiger partial charge < -0.3 is 24.2 Å². The van der Waals surface area contributed by atoms with Crippen LogP contribution in [0.25, 0.3) is 0 Å². The third-order valence-corrected chi connectivity index (χ3v) is 6.15. The molecule has 1 saturated heterocycles. The highest BCUT2D eigenvalue weighted by Gasteiger charge is 2.55. The van der Waals surface area contributed by atoms with E-state index in [-0.39, 0.29) is 11.5 Å². The second-order valence-electron chi connectivity index (χ2n) is 8.65. The van der Waals surface area contributed by atoms with Gasteiger partial charge in [-0.05, 0) is 39.8 Å². The van der Waals surface area contributed by atoms with Crippen LogP contribution >= 0.6 is 8.17 Å². The van der Waals surface area contributed by atoms with E-state index in [1.807, 2.05) is 4.98 Å². The van der Waals surface area contributed by atoms with Crippen LogP contribution in [0.2, 0.25) is 0 Å². The first-order valence-electron chi connectivity index (χ1n) is 11.1. The Morgan fingerprint density at radius 1 is 1.32 bits per heavy atom. The van der Waals surface area contributed by atoms with Crippen molar-refractivity contribution < 1.29 is 42.3 Å². The number of carbonyl (C=O) groups is 1. The Balaban J connectivity index is 1.75. The van der Waals surface area contributed by atoms with Gasteiger partial charge in [0, 0.05) is 18.3 Å². The monoisotopic (exact) mass is 545 g/mol. The maximum atomic E-state index is 15.3. The largest absolute Gasteiger partial charge is 0.575 e. The van der Waals surface area contributed by atoms with E-state index in [0.29, 0.717) is 0 Å². The molecule has 3 rings (SSSR count). The predicted octanol–water partition coefficient (Wildman–Crippen LogP) is 1.32. The number of nitrogens with one attached hydrogen (secondary N) is 1. The van der Waals surface area contributed by atoms with Gasteiger partial charge in [0.05, 0.1) is 6.10 Å². The molecule has 0 aliphatic carbocycles. The van der Waals surface area contributed by atoms with E-state index in [0.717, 1.165) is 42.0 Å². The van der Waals surface area contributed by atoms with Crippen molar-refractivity contribution in [3.63, 3.8) is 0 Å². The number of aromatic nitrogens is 2. The van der Waals surface area contributed by atoms with Crippen LogP contribution in [0.3, 0.4) is 0 Å². The first kappa shape index (κ1) is 28.4. The van der Waals surface area contributed by atoms with Crippen LogP contribution in [0.5, 0.6) is 11.5 Å². The van der Waals surface area contributed by atoms with Crippen molar-refractivity contribution in [3.05, 3.63) is 57.1 Å². The molecule has 1 unspecified atom stereocenters. The molecule has 2 N–H and O–H groups in total. The zero-order valence-corrected chi connectivity index (χ0v) is 21.2. The minimum Gasteiger partial charge on any atom is -0.575 e. The summed E-state index contributed by atoms with van der Waals surface area (Å²) in [5.41, 5.74) is -4.12. The number of aliphatic hydroxyl groups is 1. The maximum Gasteiger partial charge on any atom is 0.395 e. The first-order chi connectivity index (χ1) is 17.3. The van der Waals surface area contributed by atoms with Gasteiger partial charge in [-0.25, -0.2) is 18.4 Å². The quantitative estimate of drug-likeness (QED) is 0.349. The van der Waals surface area contributed by atoms with Gasteiger partial charge in [0.25, 0.3) is 5.56 Å². The highest BCUT2D eigenvalue weighted by atomic mass is 31.1. The van der Waals surface area contributed by atoms with Crippen LogP contribution in [-0.2, 0) is 14.3 Å². The van der Waals surface area contributed by atoms with Gasteiger partial charge in [0.1, 0.15) is 24.6 Å². The van der Waals surface area contributed by atoms with Gasteiger partial charge in [0.2, 0.25) is 5.75 Å². The fourth-order valence-electron chi connectivity index (χ4n) is 3.43. The molecule has 1 aromatic carbocycles. The predicted molar refractivity (Wildman–Crippen MR) is 123 cm³/mol. The molecule has 0 saturated carbocycles. The van der Waals surface area contributed by atoms with Crippen LogP contribution in [0, 0.1) is 5.82 Å². The topological polar surface area (TPSA) is 164 Å². The molecule has 1 aliphatic heterocycles. The number of hydrogen-bond donors (Lipinski definition) is 2. The number of ether oxygens (including phenoxy) is 3. The van der Waals surface area contributed by atoms with Gasteiger partial charge in [-0.15, -0.1) is 0 Å². The standard InChI is InChI=1S/C22H26F2N3O9P/c1-11(2)34-19(30)12(3)26-37(32)36-14-6-5-13(23)9-15(14)33-10-16-18(29)22(4,24)20(35-16)27-8-7-17(28)25-21(27)31/h5-9,11-12,16,18,20,29H,10H2,1-4H3,(H,25,28,31)/t12-,16+,18+,20+,22+/m0/s1. The molecule has 202 valence electrons. The lowest BCUT2D eigenvalue weighted by Crippen LogP contribution is -2.43. The summed E-state index contributed by atoms with van der Waals surface area (Å²) in [6.45, 7) is 5.12. The molecule has 1 fully saturated rings. The van der Waals surface area contributed by atoms with E-state index in [9.17, 15) is 28.8 Å². The Morgan fingerprint density at radius 2 is 2.03 bits per heavy atom. The van der Waals surface area contributed by atoms with Crippen LogP contribution in [0.4, 0.5) is 8.78 Å². The Bertz CT molecular complexity index is 1280. The zero-order chi connectivity index (χ0) is 27.5. The van der Waals surface area contributed by atoms with Gasteiger partial charge in [-0.2, -0.15) is 0 Å². The van der Waals surface area contributed by atoms with Crippen molar-refractivity contribution in [2.45, 2.75) is 63.9 Å². The van der Waals surface area contributed by atoms with Gasteiger partial charge in [-0.1, -0.05) is 4.74 Å². The molecular formula is C22H26F2N3O9P. The number of halogens is 2. The van der Waals surface area contributed by atoms with E-state index in [1.54, 1.807) is 13.8 Å². The summed E-state index contributed by atoms with van der Waals surface area (Å²) >= 11 is 0. The lowest BCUT2D eigenvalue weighted by atomic mass is 9.98. The summed E-state index contributed by atoms with van der Waals surface area (Å²) in [6.07, 6.45) is -4.10. The van der Waals surface area contributed by atoms with E-state index in [2.05, 4.69) is 4.74 Å². The molecule has 1 aromatic heterocycles. The van der Waals surface area contributed by atoms with Gasteiger partial charge >= 0.3 is 19.8 Å². The SMILES string of the molecule is CC(C)OC(=O)[C@H](C)/N=[P+](\[O-])Oc1ccc(F)cc1OC[C@H]1O[C@@H](n2ccc(=O)[nH]c2=O)[C@](C)(F)[C@@H]1O. The van der Waals surface area contributed by atoms with Crippen molar-refractivity contribution in [3.8, 4) is 11.5 Å². The lowest BCUT2D eigenvalue weighted by molar-refractivity contribution is -0.170. The van der Waals surface area contributed by atoms with Crippen LogP contribution < -0.4 is 25.4 Å². The average molecular weight is 545 g/mol. The molecule has 15 heteroatoms. The summed E-state index contributed by atoms with van der Waals surface area (Å²) in [4.78, 5) is 49.6. The Kier molecular flexibility index (Phi) is 8.80. The minimum absolute atomic E-state index is 0.209. The van der Waals surface area contributed by atoms with Crippen LogP contribution in [0.15, 0.2) is 44.8 Å². The third-order valence-electron chi connectivity index (χ3n) is 5.27. The van der Waals surface area contributed by atoms with Gasteiger partial charge in [0.15, 0.2) is 23.7 Å². The minimum atomic E-state index is -2.80. The summed E-state index contributed by atoms with van der Waals surface area (Å²) in [5, 5.41) is 10.5. The molecule has 0 spiro atoms. The van der Waals surface area contributed by atoms with Crippen LogP contribution in [0.1, 0.15) is 33.9 Å². The summed E-state index contributed by atoms with van der Waals surface area (Å²) in [6, 6.07) is 2.89. The number of carbonyl (C=O) groups excluding carboxylic acids is 1. The molecule has 0 radical (unpaired) electrons. The highest BCUT2D eigenvalue weighted by Crippen LogP contribution is 2.41. The van der Waals surface area contributed by atoms with Crippen molar-refractivity contribution in [1.29, 1.82) is 0 Å². The normalized spacial score (nSPS) is 24.7. The number of aliphatic hydroxyl groups excluding tert-OH is 1. The Hall–Kier alpha value is -3.19. The number of H-pyrrole nitrogens is 1. The molecule has 0 amide bonds. The fraction of sp³-hybridized carbons (Fsp3) is 0.500. The van der Waals surface area contributed by atoms with Crippen molar-refractivity contribution in [2.75, 3.05) is 6.61 Å². The number of aromatic amines is 1. The summed E-state index contributed by atoms with van der Waals surface area (Å²) < 4.78 is 54.9. The number of rotatable bonds is 9. The molecular weight excluding hydrogens is 519 g/mol. The lowest BCUT2D eigenvalue weighted by Gasteiger charge is -2.24. The average Bonchev–Trinajstić information content (AvgIpc) is 3.02. The smallest absolute Gasteiger partial charge is 0.395 e. The number of nitrogens with zero attached hydrogens (tertiary/aromatic N) is 2. The molecule has 6 atom stereocenters. The second-order valence-corrected chi connectivity index (χ2v) is 9.54. The fourth-order valence-corrected chi connectivity index (χ4v) is 4.17. The van der Waals surface area contributed by atoms with E-state index in [1.165, 1.54) is 6.92 Å². The Labute approximate surface area is 210 Å². The molecule has 37 heavy (non-hydrogen) atoms. The van der Waals surface area contributed by atoms with E-state index < -0.39 is 74.1 Å². The number of alkyl halides is 1. The van der Waals surface area contributed by atoms with Crippen molar-refractivity contribution in [1.82, 2.24) is 9.55 Å². The molecule has 12 nitrogen and oxygen atoms in total. The maximum absolute atomic E-state index is 15.3. The molecule has 2 heterocycles. The first-order valence-corrected chi connectivity index (χ1v) is 12.3. The summed E-state index contributed by atoms with van der Waals surface area (Å²) in [7, 11) is -2.80. The van der Waals surface area contributed by atoms with Crippen molar-refractivity contribution >= 4 is 14.1 Å². The molecule has 2 aromatic rings. The van der Waals surface area contributed by atoms with E-state index in [4.69, 9.17) is 18.7 Å². The number of benzene rings is 1. The number of hydrogen-bond acceptors (Lipinski definition) is 10. The highest BCUT2D eigenvalue weighted by molar-refractivity contribution is 7.34.